The van der Waals surface area contributed by atoms with Gasteiger partial charge in [0, 0.05) is 11.0 Å². The molecule has 16 heavy (non-hydrogen) atoms. The molecule has 0 N–H and O–H groups in total. The zero-order chi connectivity index (χ0) is 11.9. The highest BCUT2D eigenvalue weighted by Gasteiger charge is 2.22. The molecule has 0 radical (unpaired) electrons. The Hall–Kier alpha value is -1.57. The van der Waals surface area contributed by atoms with Gasteiger partial charge >= 0.3 is 0 Å². The van der Waals surface area contributed by atoms with Crippen LogP contribution in [0.3, 0.4) is 0 Å². The van der Waals surface area contributed by atoms with Crippen LogP contribution in [0, 0.1) is 6.92 Å². The predicted octanol–water partition coefficient (Wildman–Crippen LogP) is 3.40. The Balaban J connectivity index is 2.90. The van der Waals surface area contributed by atoms with Gasteiger partial charge in [-0.05, 0) is 19.1 Å². The van der Waals surface area contributed by atoms with Crippen LogP contribution in [0.15, 0.2) is 33.5 Å². The van der Waals surface area contributed by atoms with Crippen LogP contribution in [-0.4, -0.2) is 0 Å². The Morgan fingerprint density at radius 3 is 2.38 bits per heavy atom. The van der Waals surface area contributed by atoms with Gasteiger partial charge in [0.05, 0.1) is 5.39 Å². The first-order chi connectivity index (χ1) is 7.41. The SMILES string of the molecule is Cc1c(C(C)(C)C)oc2ccccc2c1=O. The maximum atomic E-state index is 12.1. The number of fused-ring (bicyclic) bond motifs is 1. The van der Waals surface area contributed by atoms with E-state index < -0.39 is 0 Å². The average molecular weight is 216 g/mol. The molecule has 0 fully saturated rings. The van der Waals surface area contributed by atoms with E-state index in [0.717, 1.165) is 5.76 Å². The highest BCUT2D eigenvalue weighted by atomic mass is 16.3. The fourth-order valence-corrected chi connectivity index (χ4v) is 1.95. The van der Waals surface area contributed by atoms with E-state index in [4.69, 9.17) is 4.42 Å². The molecule has 2 aromatic rings. The third-order valence-electron chi connectivity index (χ3n) is 2.71. The van der Waals surface area contributed by atoms with E-state index in [9.17, 15) is 4.79 Å². The third-order valence-corrected chi connectivity index (χ3v) is 2.71. The Labute approximate surface area is 94.9 Å². The third kappa shape index (κ3) is 1.64. The van der Waals surface area contributed by atoms with Crippen LogP contribution in [0.5, 0.6) is 0 Å². The van der Waals surface area contributed by atoms with Crippen molar-refractivity contribution in [1.82, 2.24) is 0 Å². The molecular weight excluding hydrogens is 200 g/mol. The highest BCUT2D eigenvalue weighted by molar-refractivity contribution is 5.77. The van der Waals surface area contributed by atoms with Crippen LogP contribution in [0.4, 0.5) is 0 Å². The molecule has 0 spiro atoms. The standard InChI is InChI=1S/C14H16O2/c1-9-12(15)10-7-5-6-8-11(10)16-13(9)14(2,3)4/h5-8H,1-4H3. The van der Waals surface area contributed by atoms with Gasteiger partial charge in [-0.25, -0.2) is 0 Å². The molecule has 0 aliphatic rings. The lowest BCUT2D eigenvalue weighted by Gasteiger charge is -2.19. The number of para-hydroxylation sites is 1. The maximum absolute atomic E-state index is 12.1. The van der Waals surface area contributed by atoms with Gasteiger partial charge < -0.3 is 4.42 Å². The lowest BCUT2D eigenvalue weighted by Crippen LogP contribution is -2.19. The molecule has 0 bridgehead atoms. The van der Waals surface area contributed by atoms with Crippen molar-refractivity contribution in [3.8, 4) is 0 Å². The monoisotopic (exact) mass is 216 g/mol. The summed E-state index contributed by atoms with van der Waals surface area (Å²) in [6.45, 7) is 7.98. The molecule has 0 aliphatic heterocycles. The van der Waals surface area contributed by atoms with E-state index >= 15 is 0 Å². The molecule has 2 nitrogen and oxygen atoms in total. The Bertz CT molecular complexity index is 586. The van der Waals surface area contributed by atoms with Crippen molar-refractivity contribution >= 4 is 11.0 Å². The first-order valence-electron chi connectivity index (χ1n) is 5.44. The van der Waals surface area contributed by atoms with E-state index in [2.05, 4.69) is 0 Å². The van der Waals surface area contributed by atoms with Crippen molar-refractivity contribution in [3.63, 3.8) is 0 Å². The topological polar surface area (TPSA) is 30.2 Å². The summed E-state index contributed by atoms with van der Waals surface area (Å²) in [4.78, 5) is 12.1. The van der Waals surface area contributed by atoms with Crippen molar-refractivity contribution in [2.75, 3.05) is 0 Å². The van der Waals surface area contributed by atoms with Crippen LogP contribution in [-0.2, 0) is 5.41 Å². The molecule has 0 saturated heterocycles. The second-order valence-electron chi connectivity index (χ2n) is 5.13. The van der Waals surface area contributed by atoms with Crippen LogP contribution in [0.25, 0.3) is 11.0 Å². The minimum atomic E-state index is -0.146. The van der Waals surface area contributed by atoms with Gasteiger partial charge in [-0.2, -0.15) is 0 Å². The van der Waals surface area contributed by atoms with Gasteiger partial charge in [0.1, 0.15) is 11.3 Å². The summed E-state index contributed by atoms with van der Waals surface area (Å²) in [5.41, 5.74) is 1.31. The minimum Gasteiger partial charge on any atom is -0.460 e. The second kappa shape index (κ2) is 3.48. The Kier molecular flexibility index (Phi) is 2.38. The molecule has 1 aromatic heterocycles. The summed E-state index contributed by atoms with van der Waals surface area (Å²) >= 11 is 0. The fraction of sp³-hybridized carbons (Fsp3) is 0.357. The van der Waals surface area contributed by atoms with Crippen molar-refractivity contribution in [1.29, 1.82) is 0 Å². The van der Waals surface area contributed by atoms with Crippen LogP contribution < -0.4 is 5.43 Å². The van der Waals surface area contributed by atoms with Crippen molar-refractivity contribution in [2.24, 2.45) is 0 Å². The largest absolute Gasteiger partial charge is 0.460 e. The fourth-order valence-electron chi connectivity index (χ4n) is 1.95. The molecule has 0 saturated carbocycles. The molecule has 0 atom stereocenters. The molecule has 2 rings (SSSR count). The lowest BCUT2D eigenvalue weighted by atomic mass is 9.89. The van der Waals surface area contributed by atoms with Gasteiger partial charge in [-0.1, -0.05) is 32.9 Å². The molecule has 0 unspecified atom stereocenters. The summed E-state index contributed by atoms with van der Waals surface area (Å²) in [5.74, 6) is 0.774. The van der Waals surface area contributed by atoms with Gasteiger partial charge in [0.2, 0.25) is 0 Å². The maximum Gasteiger partial charge on any atom is 0.195 e. The zero-order valence-electron chi connectivity index (χ0n) is 10.1. The number of benzene rings is 1. The zero-order valence-corrected chi connectivity index (χ0v) is 10.1. The molecule has 0 amide bonds. The summed E-state index contributed by atoms with van der Waals surface area (Å²) in [6.07, 6.45) is 0. The van der Waals surface area contributed by atoms with E-state index in [1.54, 1.807) is 6.07 Å². The quantitative estimate of drug-likeness (QED) is 0.675. The summed E-state index contributed by atoms with van der Waals surface area (Å²) < 4.78 is 5.84. The van der Waals surface area contributed by atoms with Crippen LogP contribution in [0.2, 0.25) is 0 Å². The smallest absolute Gasteiger partial charge is 0.195 e. The molecule has 1 heterocycles. The summed E-state index contributed by atoms with van der Waals surface area (Å²) in [5, 5.41) is 0.660. The van der Waals surface area contributed by atoms with E-state index in [1.807, 2.05) is 45.9 Å². The van der Waals surface area contributed by atoms with Gasteiger partial charge in [0.25, 0.3) is 0 Å². The van der Waals surface area contributed by atoms with Crippen LogP contribution in [0.1, 0.15) is 32.1 Å². The van der Waals surface area contributed by atoms with Gasteiger partial charge in [0.15, 0.2) is 5.43 Å². The normalized spacial score (nSPS) is 12.0. The Morgan fingerprint density at radius 1 is 1.12 bits per heavy atom. The van der Waals surface area contributed by atoms with E-state index in [-0.39, 0.29) is 10.8 Å². The Morgan fingerprint density at radius 2 is 1.75 bits per heavy atom. The first-order valence-corrected chi connectivity index (χ1v) is 5.44. The lowest BCUT2D eigenvalue weighted by molar-refractivity contribution is 0.416. The minimum absolute atomic E-state index is 0.0757. The number of rotatable bonds is 0. The summed E-state index contributed by atoms with van der Waals surface area (Å²) in [7, 11) is 0. The first kappa shape index (κ1) is 10.9. The number of hydrogen-bond donors (Lipinski definition) is 0. The molecule has 84 valence electrons. The van der Waals surface area contributed by atoms with Gasteiger partial charge in [-0.15, -0.1) is 0 Å². The average Bonchev–Trinajstić information content (AvgIpc) is 2.22. The van der Waals surface area contributed by atoms with Crippen molar-refractivity contribution in [2.45, 2.75) is 33.1 Å². The molecule has 1 aromatic carbocycles. The second-order valence-corrected chi connectivity index (χ2v) is 5.13. The van der Waals surface area contributed by atoms with Gasteiger partial charge in [-0.3, -0.25) is 4.79 Å². The molecule has 2 heteroatoms. The summed E-state index contributed by atoms with van der Waals surface area (Å²) in [6, 6.07) is 7.38. The molecule has 0 aliphatic carbocycles. The molecular formula is C14H16O2. The van der Waals surface area contributed by atoms with Crippen LogP contribution >= 0.6 is 0 Å². The van der Waals surface area contributed by atoms with E-state index in [1.165, 1.54) is 0 Å². The highest BCUT2D eigenvalue weighted by Crippen LogP contribution is 2.26. The predicted molar refractivity (Wildman–Crippen MR) is 65.9 cm³/mol. The number of hydrogen-bond acceptors (Lipinski definition) is 2. The van der Waals surface area contributed by atoms with E-state index in [0.29, 0.717) is 16.5 Å². The van der Waals surface area contributed by atoms with Crippen molar-refractivity contribution in [3.05, 3.63) is 45.8 Å². The van der Waals surface area contributed by atoms with Crippen molar-refractivity contribution < 1.29 is 4.42 Å².